The number of methoxy groups -OCH3 is 1. The first-order valence-corrected chi connectivity index (χ1v) is 6.98. The number of aryl methyl sites for hydroxylation is 1. The monoisotopic (exact) mass is 287 g/mol. The third-order valence-corrected chi connectivity index (χ3v) is 2.59. The van der Waals surface area contributed by atoms with E-state index in [0.29, 0.717) is 52.8 Å². The van der Waals surface area contributed by atoms with Crippen LogP contribution in [0, 0.1) is 0 Å². The summed E-state index contributed by atoms with van der Waals surface area (Å²) in [6.45, 7) is 6.92. The zero-order valence-electron chi connectivity index (χ0n) is 12.4. The molecule has 1 rings (SSSR count). The van der Waals surface area contributed by atoms with Crippen LogP contribution in [0.25, 0.3) is 0 Å². The van der Waals surface area contributed by atoms with Crippen molar-refractivity contribution >= 4 is 0 Å². The fraction of sp³-hybridized carbons (Fsp3) is 0.846. The van der Waals surface area contributed by atoms with Gasteiger partial charge >= 0.3 is 0 Å². The predicted molar refractivity (Wildman–Crippen MR) is 73.7 cm³/mol. The number of hydrogen-bond acceptors (Lipinski definition) is 6. The molecule has 20 heavy (non-hydrogen) atoms. The van der Waals surface area contributed by atoms with Gasteiger partial charge < -0.3 is 18.9 Å². The minimum absolute atomic E-state index is 0.575. The Morgan fingerprint density at radius 1 is 0.950 bits per heavy atom. The quantitative estimate of drug-likeness (QED) is 0.493. The van der Waals surface area contributed by atoms with Gasteiger partial charge in [-0.25, -0.2) is 4.68 Å². The van der Waals surface area contributed by atoms with Crippen LogP contribution in [0.15, 0.2) is 6.20 Å². The van der Waals surface area contributed by atoms with E-state index in [1.165, 1.54) is 0 Å². The van der Waals surface area contributed by atoms with Crippen molar-refractivity contribution in [3.63, 3.8) is 0 Å². The van der Waals surface area contributed by atoms with E-state index >= 15 is 0 Å². The molecular formula is C13H25N3O4. The summed E-state index contributed by atoms with van der Waals surface area (Å²) in [5.74, 6) is 0. The molecule has 0 radical (unpaired) electrons. The number of rotatable bonds is 13. The molecule has 0 N–H and O–H groups in total. The Morgan fingerprint density at radius 2 is 1.55 bits per heavy atom. The van der Waals surface area contributed by atoms with Crippen LogP contribution in [-0.4, -0.2) is 68.4 Å². The molecule has 0 spiro atoms. The van der Waals surface area contributed by atoms with Crippen molar-refractivity contribution < 1.29 is 18.9 Å². The van der Waals surface area contributed by atoms with E-state index < -0.39 is 0 Å². The average molecular weight is 287 g/mol. The molecular weight excluding hydrogens is 262 g/mol. The molecule has 0 bridgehead atoms. The van der Waals surface area contributed by atoms with Crippen LogP contribution >= 0.6 is 0 Å². The van der Waals surface area contributed by atoms with Crippen molar-refractivity contribution in [1.29, 1.82) is 0 Å². The van der Waals surface area contributed by atoms with Crippen LogP contribution in [0.5, 0.6) is 0 Å². The SMILES string of the molecule is CCc1cn(CCOCCOCCOCCOC)nn1. The summed E-state index contributed by atoms with van der Waals surface area (Å²) in [5, 5.41) is 8.01. The van der Waals surface area contributed by atoms with E-state index in [0.717, 1.165) is 12.1 Å². The lowest BCUT2D eigenvalue weighted by Crippen LogP contribution is -2.13. The summed E-state index contributed by atoms with van der Waals surface area (Å²) < 4.78 is 22.7. The fourth-order valence-electron chi connectivity index (χ4n) is 1.45. The van der Waals surface area contributed by atoms with E-state index in [-0.39, 0.29) is 0 Å². The maximum Gasteiger partial charge on any atom is 0.0824 e. The maximum atomic E-state index is 5.45. The minimum atomic E-state index is 0.575. The molecule has 0 aromatic carbocycles. The molecule has 116 valence electrons. The number of ether oxygens (including phenoxy) is 4. The van der Waals surface area contributed by atoms with Gasteiger partial charge in [-0.15, -0.1) is 5.10 Å². The van der Waals surface area contributed by atoms with Crippen molar-refractivity contribution in [1.82, 2.24) is 15.0 Å². The van der Waals surface area contributed by atoms with Gasteiger partial charge in [0.2, 0.25) is 0 Å². The first-order valence-electron chi connectivity index (χ1n) is 6.98. The van der Waals surface area contributed by atoms with Crippen LogP contribution in [0.2, 0.25) is 0 Å². The normalized spacial score (nSPS) is 11.1. The Kier molecular flexibility index (Phi) is 10.0. The Bertz CT molecular complexity index is 333. The summed E-state index contributed by atoms with van der Waals surface area (Å²) in [4.78, 5) is 0. The molecule has 0 aliphatic carbocycles. The summed E-state index contributed by atoms with van der Waals surface area (Å²) >= 11 is 0. The largest absolute Gasteiger partial charge is 0.382 e. The molecule has 0 saturated carbocycles. The van der Waals surface area contributed by atoms with Gasteiger partial charge in [0.15, 0.2) is 0 Å². The third kappa shape index (κ3) is 8.21. The molecule has 0 unspecified atom stereocenters. The van der Waals surface area contributed by atoms with Crippen molar-refractivity contribution in [2.45, 2.75) is 19.9 Å². The smallest absolute Gasteiger partial charge is 0.0824 e. The Morgan fingerprint density at radius 3 is 2.10 bits per heavy atom. The first-order chi connectivity index (χ1) is 9.86. The van der Waals surface area contributed by atoms with Gasteiger partial charge in [-0.1, -0.05) is 12.1 Å². The summed E-state index contributed by atoms with van der Waals surface area (Å²) in [6, 6.07) is 0. The number of nitrogens with zero attached hydrogens (tertiary/aromatic N) is 3. The van der Waals surface area contributed by atoms with Crippen molar-refractivity contribution in [2.24, 2.45) is 0 Å². The number of hydrogen-bond donors (Lipinski definition) is 0. The van der Waals surface area contributed by atoms with Gasteiger partial charge in [-0.05, 0) is 6.42 Å². The van der Waals surface area contributed by atoms with Crippen LogP contribution in [-0.2, 0) is 31.9 Å². The molecule has 1 aromatic rings. The predicted octanol–water partition coefficient (Wildman–Crippen LogP) is 0.537. The van der Waals surface area contributed by atoms with E-state index in [1.54, 1.807) is 11.8 Å². The lowest BCUT2D eigenvalue weighted by molar-refractivity contribution is 0.00244. The molecule has 1 heterocycles. The van der Waals surface area contributed by atoms with Crippen molar-refractivity contribution in [3.8, 4) is 0 Å². The highest BCUT2D eigenvalue weighted by Crippen LogP contribution is 1.93. The molecule has 0 aliphatic heterocycles. The molecule has 0 atom stereocenters. The highest BCUT2D eigenvalue weighted by molar-refractivity contribution is 4.90. The highest BCUT2D eigenvalue weighted by atomic mass is 16.6. The van der Waals surface area contributed by atoms with E-state index in [9.17, 15) is 0 Å². The third-order valence-electron chi connectivity index (χ3n) is 2.59. The standard InChI is InChI=1S/C13H25N3O4/c1-3-13-12-16(15-14-13)4-5-18-8-9-20-11-10-19-7-6-17-2/h12H,3-11H2,1-2H3. The van der Waals surface area contributed by atoms with Gasteiger partial charge in [0.25, 0.3) is 0 Å². The summed E-state index contributed by atoms with van der Waals surface area (Å²) in [6.07, 6.45) is 2.85. The molecule has 0 saturated heterocycles. The lowest BCUT2D eigenvalue weighted by Gasteiger charge is -2.06. The van der Waals surface area contributed by atoms with E-state index in [4.69, 9.17) is 18.9 Å². The summed E-state index contributed by atoms with van der Waals surface area (Å²) in [7, 11) is 1.65. The number of aromatic nitrogens is 3. The maximum absolute atomic E-state index is 5.45. The highest BCUT2D eigenvalue weighted by Gasteiger charge is 1.98. The van der Waals surface area contributed by atoms with Gasteiger partial charge in [0.05, 0.1) is 58.5 Å². The fourth-order valence-corrected chi connectivity index (χ4v) is 1.45. The van der Waals surface area contributed by atoms with Crippen molar-refractivity contribution in [3.05, 3.63) is 11.9 Å². The lowest BCUT2D eigenvalue weighted by atomic mass is 10.4. The van der Waals surface area contributed by atoms with Gasteiger partial charge in [0, 0.05) is 13.3 Å². The second-order valence-electron chi connectivity index (χ2n) is 4.16. The van der Waals surface area contributed by atoms with E-state index in [1.807, 2.05) is 6.20 Å². The molecule has 7 nitrogen and oxygen atoms in total. The minimum Gasteiger partial charge on any atom is -0.382 e. The Labute approximate surface area is 120 Å². The molecule has 1 aromatic heterocycles. The van der Waals surface area contributed by atoms with Crippen LogP contribution in [0.4, 0.5) is 0 Å². The molecule has 7 heteroatoms. The van der Waals surface area contributed by atoms with E-state index in [2.05, 4.69) is 17.2 Å². The zero-order valence-corrected chi connectivity index (χ0v) is 12.4. The first kappa shape index (κ1) is 17.0. The topological polar surface area (TPSA) is 67.6 Å². The van der Waals surface area contributed by atoms with Crippen LogP contribution in [0.1, 0.15) is 12.6 Å². The second kappa shape index (κ2) is 11.8. The Balaban J connectivity index is 1.83. The summed E-state index contributed by atoms with van der Waals surface area (Å²) in [5.41, 5.74) is 1.00. The average Bonchev–Trinajstić information content (AvgIpc) is 2.93. The zero-order chi connectivity index (χ0) is 14.5. The van der Waals surface area contributed by atoms with Crippen LogP contribution in [0.3, 0.4) is 0 Å². The molecule has 0 fully saturated rings. The molecule has 0 amide bonds. The second-order valence-corrected chi connectivity index (χ2v) is 4.16. The van der Waals surface area contributed by atoms with Gasteiger partial charge in [-0.2, -0.15) is 0 Å². The molecule has 0 aliphatic rings. The van der Waals surface area contributed by atoms with Crippen LogP contribution < -0.4 is 0 Å². The Hall–Kier alpha value is -1.02. The van der Waals surface area contributed by atoms with Gasteiger partial charge in [-0.3, -0.25) is 0 Å². The van der Waals surface area contributed by atoms with Crippen molar-refractivity contribution in [2.75, 3.05) is 53.4 Å². The van der Waals surface area contributed by atoms with Gasteiger partial charge in [0.1, 0.15) is 0 Å².